The van der Waals surface area contributed by atoms with Gasteiger partial charge in [0.05, 0.1) is 38.6 Å². The molecule has 2 radical (unpaired) electrons. The zero-order valence-corrected chi connectivity index (χ0v) is 40.5. The van der Waals surface area contributed by atoms with Crippen molar-refractivity contribution in [3.05, 3.63) is 82.4 Å². The van der Waals surface area contributed by atoms with Gasteiger partial charge in [0, 0.05) is 101 Å². The zero-order chi connectivity index (χ0) is 43.1. The largest absolute Gasteiger partial charge is 0.481 e. The van der Waals surface area contributed by atoms with Crippen molar-refractivity contribution in [2.45, 2.75) is 51.4 Å². The number of nitrogens with one attached hydrogen (secondary N) is 1. The van der Waals surface area contributed by atoms with Gasteiger partial charge in [-0.25, -0.2) is 12.6 Å². The molecule has 3 unspecified atom stereocenters. The molecule has 314 valence electrons. The van der Waals surface area contributed by atoms with Crippen molar-refractivity contribution in [1.29, 1.82) is 0 Å². The summed E-state index contributed by atoms with van der Waals surface area (Å²) in [4.78, 5) is 16.3. The Morgan fingerprint density at radius 2 is 1.15 bits per heavy atom. The number of aromatic nitrogens is 4. The molecule has 25 heteroatoms. The molecule has 2 aromatic carbocycles. The molecule has 5 N–H and O–H groups in total. The van der Waals surface area contributed by atoms with E-state index in [0.717, 1.165) is 5.56 Å². The first-order valence-electron chi connectivity index (χ1n) is 15.4. The SMILES string of the molecule is CC#COc1cc(OC)nc(C(O)c2cc(C)c[c-]c2N)n1.CC#COc1cc(OC)nc(C(O)c2cc(C)c[c-]c2NS(=O)(=S)C(F)F)n1.O=S(=O)(Cl)C(F)F.[Y].[Y]. The van der Waals surface area contributed by atoms with Gasteiger partial charge in [-0.05, 0) is 0 Å². The van der Waals surface area contributed by atoms with Gasteiger partial charge >= 0.3 is 11.5 Å². The number of ether oxygens (including phenoxy) is 4. The number of hydrogen-bond acceptors (Lipinski definition) is 15. The van der Waals surface area contributed by atoms with Crippen molar-refractivity contribution in [3.63, 3.8) is 0 Å². The quantitative estimate of drug-likeness (QED) is 0.0496. The Labute approximate surface area is 397 Å². The Morgan fingerprint density at radius 3 is 1.54 bits per heavy atom. The summed E-state index contributed by atoms with van der Waals surface area (Å²) in [7, 11) is -1.83. The number of aliphatic hydroxyl groups is 2. The number of halogens is 5. The second kappa shape index (κ2) is 26.3. The van der Waals surface area contributed by atoms with Crippen molar-refractivity contribution in [1.82, 2.24) is 19.9 Å². The van der Waals surface area contributed by atoms with Crippen LogP contribution in [-0.2, 0) is 94.3 Å². The number of hydrogen-bond donors (Lipinski definition) is 4. The maximum atomic E-state index is 12.9. The number of benzene rings is 2. The Bertz CT molecular complexity index is 2370. The standard InChI is InChI=1S/C17H16F2N3O4S2.C16H16N3O3.CHClF2O2S.2Y/c1-4-7-26-14-9-13(25-3)20-16(21-14)15(23)11-8-10(2)5-6-12(11)22-28(24,27)17(18)19;1-4-7-22-14-9-13(21-3)18-16(19-14)15(20)11-8-10(2)5-6-12(11)17;2-7(5,6)1(3)4;;/h5,8-9,15,17,22-23H,1-3H3;5,8-9,15,20H,17H2,1-3H3;1H;;/q2*-1;;;. The van der Waals surface area contributed by atoms with Crippen molar-refractivity contribution in [2.75, 3.05) is 24.7 Å². The van der Waals surface area contributed by atoms with E-state index >= 15 is 0 Å². The fourth-order valence-electron chi connectivity index (χ4n) is 3.87. The molecule has 3 atom stereocenters. The fraction of sp³-hybridized carbons (Fsp3) is 0.294. The molecular formula is C34H33ClF4N6O9S3Y2-2. The van der Waals surface area contributed by atoms with Crippen LogP contribution in [0.3, 0.4) is 0 Å². The van der Waals surface area contributed by atoms with Crippen molar-refractivity contribution in [2.24, 2.45) is 0 Å². The number of alkyl halides is 4. The van der Waals surface area contributed by atoms with Gasteiger partial charge in [-0.1, -0.05) is 48.2 Å². The minimum atomic E-state index is -4.60. The molecule has 0 bridgehead atoms. The molecule has 0 fully saturated rings. The first kappa shape index (κ1) is 56.0. The van der Waals surface area contributed by atoms with Gasteiger partial charge in [0.15, 0.2) is 20.3 Å². The van der Waals surface area contributed by atoms with Crippen LogP contribution in [0.25, 0.3) is 0 Å². The van der Waals surface area contributed by atoms with E-state index in [9.17, 15) is 40.4 Å². The van der Waals surface area contributed by atoms with E-state index in [4.69, 9.17) is 24.7 Å². The van der Waals surface area contributed by atoms with Gasteiger partial charge < -0.3 is 39.6 Å². The monoisotopic (exact) mass is 1050 g/mol. The van der Waals surface area contributed by atoms with Crippen LogP contribution in [0.15, 0.2) is 36.4 Å². The van der Waals surface area contributed by atoms with Gasteiger partial charge in [-0.3, -0.25) is 0 Å². The summed E-state index contributed by atoms with van der Waals surface area (Å²) in [5.41, 5.74) is 8.14. The number of rotatable bonds is 12. The molecule has 0 spiro atoms. The maximum Gasteiger partial charge on any atom is 0.350 e. The topological polar surface area (TPSA) is 218 Å². The maximum absolute atomic E-state index is 12.9. The van der Waals surface area contributed by atoms with E-state index in [1.807, 2.05) is 6.92 Å². The number of aliphatic hydroxyl groups excluding tert-OH is 2. The third kappa shape index (κ3) is 18.2. The summed E-state index contributed by atoms with van der Waals surface area (Å²) < 4.78 is 101. The number of nitrogens with zero attached hydrogens (tertiary/aromatic N) is 4. The molecule has 4 aromatic rings. The molecule has 59 heavy (non-hydrogen) atoms. The van der Waals surface area contributed by atoms with E-state index in [-0.39, 0.29) is 112 Å². The Hall–Kier alpha value is -3.02. The Morgan fingerprint density at radius 1 is 0.763 bits per heavy atom. The Kier molecular flexibility index (Phi) is 25.0. The fourth-order valence-corrected chi connectivity index (χ4v) is 4.67. The predicted octanol–water partition coefficient (Wildman–Crippen LogP) is 4.72. The first-order valence-corrected chi connectivity index (χ1v) is 20.3. The Balaban J connectivity index is 0.000000970. The number of aryl methyl sites for hydroxylation is 2. The third-order valence-corrected chi connectivity index (χ3v) is 8.84. The van der Waals surface area contributed by atoms with E-state index in [0.29, 0.717) is 16.8 Å². The number of nitrogens with two attached hydrogens (primary N) is 1. The zero-order valence-electron chi connectivity index (χ0n) is 31.7. The van der Waals surface area contributed by atoms with Crippen molar-refractivity contribution >= 4 is 51.0 Å². The summed E-state index contributed by atoms with van der Waals surface area (Å²) in [5, 5.41) is 21.3. The summed E-state index contributed by atoms with van der Waals surface area (Å²) in [6.07, 6.45) is 2.16. The van der Waals surface area contributed by atoms with Gasteiger partial charge in [0.1, 0.15) is 12.2 Å². The molecular weight excluding hydrogens is 1020 g/mol. The number of anilines is 2. The molecule has 0 saturated carbocycles. The molecule has 2 heterocycles. The van der Waals surface area contributed by atoms with Gasteiger partial charge in [-0.15, -0.1) is 0 Å². The number of nitrogen functional groups attached to an aromatic ring is 1. The molecule has 0 saturated heterocycles. The minimum absolute atomic E-state index is 0. The second-order valence-corrected chi connectivity index (χ2v) is 16.4. The van der Waals surface area contributed by atoms with Crippen molar-refractivity contribution < 1.29 is 125 Å². The first-order chi connectivity index (χ1) is 26.7. The molecule has 4 rings (SSSR count). The predicted molar refractivity (Wildman–Crippen MR) is 204 cm³/mol. The van der Waals surface area contributed by atoms with Gasteiger partial charge in [-0.2, -0.15) is 85.0 Å². The number of methoxy groups -OCH3 is 2. The minimum Gasteiger partial charge on any atom is -0.481 e. The summed E-state index contributed by atoms with van der Waals surface area (Å²) in [5.74, 6) is -1.14. The average molecular weight is 1060 g/mol. The van der Waals surface area contributed by atoms with Crippen molar-refractivity contribution in [3.8, 4) is 47.6 Å². The molecule has 0 amide bonds. The van der Waals surface area contributed by atoms with E-state index in [1.165, 1.54) is 38.5 Å². The summed E-state index contributed by atoms with van der Waals surface area (Å²) in [6.45, 7) is 6.78. The van der Waals surface area contributed by atoms with Gasteiger partial charge in [0.2, 0.25) is 23.5 Å². The van der Waals surface area contributed by atoms with Crippen LogP contribution in [0.4, 0.5) is 28.9 Å². The third-order valence-electron chi connectivity index (χ3n) is 6.36. The van der Waals surface area contributed by atoms with Crippen LogP contribution in [0.5, 0.6) is 23.5 Å². The summed E-state index contributed by atoms with van der Waals surface area (Å²) >= 11 is 4.43. The molecule has 0 aliphatic carbocycles. The summed E-state index contributed by atoms with van der Waals surface area (Å²) in [6, 6.07) is 14.8. The second-order valence-electron chi connectivity index (χ2n) is 10.6. The van der Waals surface area contributed by atoms with Crippen LogP contribution < -0.4 is 29.4 Å². The van der Waals surface area contributed by atoms with Gasteiger partial charge in [0.25, 0.3) is 9.05 Å². The molecule has 0 aliphatic rings. The van der Waals surface area contributed by atoms with E-state index in [2.05, 4.69) is 82.7 Å². The van der Waals surface area contributed by atoms with Crippen LogP contribution in [0.1, 0.15) is 60.0 Å². The van der Waals surface area contributed by atoms with Crippen LogP contribution in [-0.4, -0.2) is 68.5 Å². The smallest absolute Gasteiger partial charge is 0.350 e. The molecule has 15 nitrogen and oxygen atoms in total. The van der Waals surface area contributed by atoms with Crippen LogP contribution in [0, 0.1) is 50.0 Å². The molecule has 0 aliphatic heterocycles. The average Bonchev–Trinajstić information content (AvgIpc) is 3.16. The van der Waals surface area contributed by atoms with E-state index < -0.39 is 41.5 Å². The van der Waals surface area contributed by atoms with Crippen LogP contribution in [0.2, 0.25) is 0 Å². The molecule has 2 aromatic heterocycles. The van der Waals surface area contributed by atoms with Crippen LogP contribution >= 0.6 is 10.7 Å². The normalized spacial score (nSPS) is 12.3. The van der Waals surface area contributed by atoms with E-state index in [1.54, 1.807) is 32.9 Å².